The third-order valence-electron chi connectivity index (χ3n) is 4.30. The van der Waals surface area contributed by atoms with Crippen molar-refractivity contribution < 1.29 is 24.0 Å². The van der Waals surface area contributed by atoms with Crippen LogP contribution in [-0.2, 0) is 20.7 Å². The van der Waals surface area contributed by atoms with E-state index in [4.69, 9.17) is 21.1 Å². The van der Waals surface area contributed by atoms with E-state index in [1.165, 1.54) is 18.2 Å². The second-order valence-electron chi connectivity index (χ2n) is 6.38. The summed E-state index contributed by atoms with van der Waals surface area (Å²) in [6.07, 6.45) is 0.414. The van der Waals surface area contributed by atoms with Crippen LogP contribution >= 0.6 is 11.6 Å². The van der Waals surface area contributed by atoms with E-state index < -0.39 is 29.3 Å². The fourth-order valence-electron chi connectivity index (χ4n) is 2.86. The van der Waals surface area contributed by atoms with Crippen LogP contribution in [0, 0.1) is 23.0 Å². The highest BCUT2D eigenvalue weighted by molar-refractivity contribution is 6.30. The first-order valence-electron chi connectivity index (χ1n) is 8.46. The van der Waals surface area contributed by atoms with E-state index in [1.807, 2.05) is 0 Å². The Morgan fingerprint density at radius 3 is 2.82 bits per heavy atom. The first-order chi connectivity index (χ1) is 13.3. The Hall–Kier alpha value is -3.13. The van der Waals surface area contributed by atoms with E-state index in [1.54, 1.807) is 25.1 Å². The maximum Gasteiger partial charge on any atom is 0.313 e. The second-order valence-corrected chi connectivity index (χ2v) is 6.81. The SMILES string of the molecule is Cc1cc([N+](=O)[O-])ccc1NC(=O)COC(=O)C1COc2ccc(Cl)cc2C1. The van der Waals surface area contributed by atoms with Gasteiger partial charge in [0.1, 0.15) is 12.4 Å². The van der Waals surface area contributed by atoms with Gasteiger partial charge in [0.05, 0.1) is 10.8 Å². The van der Waals surface area contributed by atoms with Gasteiger partial charge in [-0.2, -0.15) is 0 Å². The number of ether oxygens (including phenoxy) is 2. The average molecular weight is 405 g/mol. The second kappa shape index (κ2) is 8.26. The van der Waals surface area contributed by atoms with Crippen LogP contribution in [0.2, 0.25) is 5.02 Å². The number of fused-ring (bicyclic) bond motifs is 1. The van der Waals surface area contributed by atoms with Gasteiger partial charge in [0, 0.05) is 22.8 Å². The number of benzene rings is 2. The maximum absolute atomic E-state index is 12.2. The van der Waals surface area contributed by atoms with Gasteiger partial charge in [-0.1, -0.05) is 11.6 Å². The Balaban J connectivity index is 1.53. The summed E-state index contributed by atoms with van der Waals surface area (Å²) in [7, 11) is 0. The molecule has 1 aliphatic rings. The van der Waals surface area contributed by atoms with Crippen LogP contribution in [0.15, 0.2) is 36.4 Å². The van der Waals surface area contributed by atoms with E-state index >= 15 is 0 Å². The first kappa shape index (κ1) is 19.6. The minimum Gasteiger partial charge on any atom is -0.492 e. The minimum atomic E-state index is -0.541. The van der Waals surface area contributed by atoms with Gasteiger partial charge in [0.15, 0.2) is 6.61 Å². The van der Waals surface area contributed by atoms with Crippen LogP contribution in [0.25, 0.3) is 0 Å². The van der Waals surface area contributed by atoms with Crippen molar-refractivity contribution in [2.24, 2.45) is 5.92 Å². The van der Waals surface area contributed by atoms with E-state index in [9.17, 15) is 19.7 Å². The lowest BCUT2D eigenvalue weighted by Gasteiger charge is -2.24. The first-order valence-corrected chi connectivity index (χ1v) is 8.84. The van der Waals surface area contributed by atoms with Crippen molar-refractivity contribution in [3.05, 3.63) is 62.7 Å². The van der Waals surface area contributed by atoms with Crippen molar-refractivity contribution in [3.8, 4) is 5.75 Å². The molecule has 1 heterocycles. The summed E-state index contributed by atoms with van der Waals surface area (Å²) in [6.45, 7) is 1.33. The summed E-state index contributed by atoms with van der Waals surface area (Å²) in [5.41, 5.74) is 1.69. The Kier molecular flexibility index (Phi) is 5.79. The molecule has 0 fully saturated rings. The molecule has 1 unspecified atom stereocenters. The minimum absolute atomic E-state index is 0.0698. The van der Waals surface area contributed by atoms with Gasteiger partial charge in [0.2, 0.25) is 0 Å². The molecule has 0 spiro atoms. The molecular formula is C19H17ClN2O6. The molecule has 2 aromatic rings. The highest BCUT2D eigenvalue weighted by Gasteiger charge is 2.28. The Bertz CT molecular complexity index is 946. The number of nitrogens with one attached hydrogen (secondary N) is 1. The zero-order valence-electron chi connectivity index (χ0n) is 14.9. The van der Waals surface area contributed by atoms with Crippen molar-refractivity contribution in [1.29, 1.82) is 0 Å². The lowest BCUT2D eigenvalue weighted by molar-refractivity contribution is -0.384. The van der Waals surface area contributed by atoms with Gasteiger partial charge in [-0.15, -0.1) is 0 Å². The van der Waals surface area contributed by atoms with E-state index in [0.29, 0.717) is 28.4 Å². The van der Waals surface area contributed by atoms with Crippen LogP contribution in [0.3, 0.4) is 0 Å². The largest absolute Gasteiger partial charge is 0.492 e. The summed E-state index contributed by atoms with van der Waals surface area (Å²) in [6, 6.07) is 9.27. The number of anilines is 1. The van der Waals surface area contributed by atoms with Gasteiger partial charge in [-0.25, -0.2) is 0 Å². The standard InChI is InChI=1S/C19H17ClN2O6/c1-11-6-15(22(25)26)3-4-16(11)21-18(23)10-28-19(24)13-7-12-8-14(20)2-5-17(12)27-9-13/h2-6,8,13H,7,9-10H2,1H3,(H,21,23). The van der Waals surface area contributed by atoms with Crippen LogP contribution < -0.4 is 10.1 Å². The molecule has 0 aromatic heterocycles. The molecule has 146 valence electrons. The van der Waals surface area contributed by atoms with Crippen molar-refractivity contribution in [2.45, 2.75) is 13.3 Å². The highest BCUT2D eigenvalue weighted by Crippen LogP contribution is 2.30. The fraction of sp³-hybridized carbons (Fsp3) is 0.263. The molecule has 1 N–H and O–H groups in total. The molecule has 0 radical (unpaired) electrons. The van der Waals surface area contributed by atoms with Gasteiger partial charge >= 0.3 is 5.97 Å². The monoisotopic (exact) mass is 404 g/mol. The summed E-state index contributed by atoms with van der Waals surface area (Å²) in [5, 5.41) is 13.9. The average Bonchev–Trinajstić information content (AvgIpc) is 2.66. The number of rotatable bonds is 5. The topological polar surface area (TPSA) is 108 Å². The molecule has 1 aliphatic heterocycles. The van der Waals surface area contributed by atoms with Crippen LogP contribution in [-0.4, -0.2) is 30.0 Å². The number of halogens is 1. The third kappa shape index (κ3) is 4.58. The van der Waals surface area contributed by atoms with Crippen LogP contribution in [0.4, 0.5) is 11.4 Å². The number of nitro groups is 1. The number of hydrogen-bond acceptors (Lipinski definition) is 6. The lowest BCUT2D eigenvalue weighted by atomic mass is 9.97. The van der Waals surface area contributed by atoms with Gasteiger partial charge in [-0.05, 0) is 48.7 Å². The Morgan fingerprint density at radius 1 is 1.32 bits per heavy atom. The Labute approximate surface area is 165 Å². The molecule has 0 bridgehead atoms. The number of carbonyl (C=O) groups is 2. The van der Waals surface area contributed by atoms with Crippen molar-refractivity contribution in [3.63, 3.8) is 0 Å². The quantitative estimate of drug-likeness (QED) is 0.465. The van der Waals surface area contributed by atoms with E-state index in [-0.39, 0.29) is 12.3 Å². The predicted octanol–water partition coefficient (Wildman–Crippen LogP) is 3.29. The highest BCUT2D eigenvalue weighted by atomic mass is 35.5. The Morgan fingerprint density at radius 2 is 2.11 bits per heavy atom. The van der Waals surface area contributed by atoms with Crippen LogP contribution in [0.1, 0.15) is 11.1 Å². The molecule has 0 aliphatic carbocycles. The number of amides is 1. The normalized spacial score (nSPS) is 15.1. The zero-order chi connectivity index (χ0) is 20.3. The lowest BCUT2D eigenvalue weighted by Crippen LogP contribution is -2.32. The number of carbonyl (C=O) groups excluding carboxylic acids is 2. The molecular weight excluding hydrogens is 388 g/mol. The van der Waals surface area contributed by atoms with Crippen molar-refractivity contribution in [1.82, 2.24) is 0 Å². The molecule has 1 amide bonds. The van der Waals surface area contributed by atoms with Gasteiger partial charge < -0.3 is 14.8 Å². The molecule has 2 aromatic carbocycles. The predicted molar refractivity (Wildman–Crippen MR) is 102 cm³/mol. The fourth-order valence-corrected chi connectivity index (χ4v) is 3.05. The molecule has 8 nitrogen and oxygen atoms in total. The van der Waals surface area contributed by atoms with Crippen molar-refractivity contribution in [2.75, 3.05) is 18.5 Å². The maximum atomic E-state index is 12.2. The molecule has 28 heavy (non-hydrogen) atoms. The van der Waals surface area contributed by atoms with Crippen LogP contribution in [0.5, 0.6) is 5.75 Å². The molecule has 0 saturated heterocycles. The summed E-state index contributed by atoms with van der Waals surface area (Å²) in [5.74, 6) is -0.925. The van der Waals surface area contributed by atoms with E-state index in [2.05, 4.69) is 5.32 Å². The molecule has 9 heteroatoms. The zero-order valence-corrected chi connectivity index (χ0v) is 15.7. The molecule has 0 saturated carbocycles. The summed E-state index contributed by atoms with van der Waals surface area (Å²) < 4.78 is 10.6. The third-order valence-corrected chi connectivity index (χ3v) is 4.54. The number of aryl methyl sites for hydroxylation is 1. The van der Waals surface area contributed by atoms with Crippen molar-refractivity contribution >= 4 is 34.9 Å². The number of esters is 1. The molecule has 3 rings (SSSR count). The number of nitrogens with zero attached hydrogens (tertiary/aromatic N) is 1. The number of nitro benzene ring substituents is 1. The van der Waals surface area contributed by atoms with E-state index in [0.717, 1.165) is 5.56 Å². The van der Waals surface area contributed by atoms with Gasteiger partial charge in [0.25, 0.3) is 11.6 Å². The summed E-state index contributed by atoms with van der Waals surface area (Å²) in [4.78, 5) is 34.5. The number of non-ortho nitro benzene ring substituents is 1. The number of hydrogen-bond donors (Lipinski definition) is 1. The molecule has 1 atom stereocenters. The smallest absolute Gasteiger partial charge is 0.313 e. The van der Waals surface area contributed by atoms with Gasteiger partial charge in [-0.3, -0.25) is 19.7 Å². The summed E-state index contributed by atoms with van der Waals surface area (Å²) >= 11 is 5.96.